The molecule has 3 aromatic rings. The Labute approximate surface area is 159 Å². The van der Waals surface area contributed by atoms with Crippen LogP contribution in [0.25, 0.3) is 10.9 Å². The number of aromatic nitrogens is 4. The molecule has 0 bridgehead atoms. The predicted molar refractivity (Wildman–Crippen MR) is 104 cm³/mol. The molecular weight excluding hydrogens is 340 g/mol. The summed E-state index contributed by atoms with van der Waals surface area (Å²) in [7, 11) is 0. The van der Waals surface area contributed by atoms with Gasteiger partial charge in [-0.05, 0) is 24.4 Å². The van der Waals surface area contributed by atoms with Gasteiger partial charge < -0.3 is 9.47 Å². The lowest BCUT2D eigenvalue weighted by atomic mass is 10.2. The molecule has 0 radical (unpaired) electrons. The topological polar surface area (TPSA) is 59.2 Å². The molecule has 2 aromatic heterocycles. The van der Waals surface area contributed by atoms with Gasteiger partial charge in [0.25, 0.3) is 0 Å². The average Bonchev–Trinajstić information content (AvgIpc) is 3.32. The maximum Gasteiger partial charge on any atom is 0.224 e. The van der Waals surface area contributed by atoms with Crippen molar-refractivity contribution in [3.05, 3.63) is 48.7 Å². The maximum atomic E-state index is 12.7. The van der Waals surface area contributed by atoms with Crippen LogP contribution in [0.1, 0.15) is 12.1 Å². The molecule has 1 aliphatic heterocycles. The maximum absolute atomic E-state index is 12.7. The first-order chi connectivity index (χ1) is 13.2. The third-order valence-electron chi connectivity index (χ3n) is 5.40. The summed E-state index contributed by atoms with van der Waals surface area (Å²) in [5, 5.41) is 5.37. The Hall–Kier alpha value is -2.67. The number of hydrogen-bond donors (Lipinski definition) is 0. The minimum absolute atomic E-state index is 0.253. The fourth-order valence-electron chi connectivity index (χ4n) is 3.82. The molecule has 0 aliphatic carbocycles. The smallest absolute Gasteiger partial charge is 0.224 e. The Kier molecular flexibility index (Phi) is 5.20. The summed E-state index contributed by atoms with van der Waals surface area (Å²) in [5.41, 5.74) is 2.42. The molecule has 0 N–H and O–H groups in total. The van der Waals surface area contributed by atoms with Crippen LogP contribution in [0.5, 0.6) is 0 Å². The number of carbonyl (C=O) groups is 1. The van der Waals surface area contributed by atoms with Crippen molar-refractivity contribution in [2.75, 3.05) is 32.7 Å². The first-order valence-corrected chi connectivity index (χ1v) is 9.58. The van der Waals surface area contributed by atoms with Crippen LogP contribution in [-0.4, -0.2) is 67.8 Å². The highest BCUT2D eigenvalue weighted by Gasteiger charge is 2.21. The summed E-state index contributed by atoms with van der Waals surface area (Å²) >= 11 is 0. The molecule has 0 unspecified atom stereocenters. The monoisotopic (exact) mass is 366 g/mol. The van der Waals surface area contributed by atoms with Crippen molar-refractivity contribution in [1.29, 1.82) is 0 Å². The SMILES string of the molecule is Cc1cc2ccccc2n1CCC(=O)N1CCN(CCn2cncn2)CC1. The molecule has 7 nitrogen and oxygen atoms in total. The van der Waals surface area contributed by atoms with E-state index in [4.69, 9.17) is 0 Å². The second-order valence-electron chi connectivity index (χ2n) is 7.13. The molecule has 1 aliphatic rings. The molecule has 142 valence electrons. The summed E-state index contributed by atoms with van der Waals surface area (Å²) in [6, 6.07) is 10.5. The Morgan fingerprint density at radius 1 is 1.07 bits per heavy atom. The van der Waals surface area contributed by atoms with Gasteiger partial charge in [0.2, 0.25) is 5.91 Å². The van der Waals surface area contributed by atoms with Crippen LogP contribution >= 0.6 is 0 Å². The molecule has 27 heavy (non-hydrogen) atoms. The molecular formula is C20H26N6O. The fraction of sp³-hybridized carbons (Fsp3) is 0.450. The summed E-state index contributed by atoms with van der Waals surface area (Å²) < 4.78 is 4.10. The van der Waals surface area contributed by atoms with E-state index in [1.165, 1.54) is 16.6 Å². The Balaban J connectivity index is 1.26. The zero-order valence-electron chi connectivity index (χ0n) is 15.8. The minimum atomic E-state index is 0.253. The molecule has 7 heteroatoms. The number of hydrogen-bond acceptors (Lipinski definition) is 4. The van der Waals surface area contributed by atoms with Crippen LogP contribution in [0, 0.1) is 6.92 Å². The third kappa shape index (κ3) is 4.03. The van der Waals surface area contributed by atoms with Gasteiger partial charge >= 0.3 is 0 Å². The van der Waals surface area contributed by atoms with Gasteiger partial charge in [-0.3, -0.25) is 14.4 Å². The van der Waals surface area contributed by atoms with Crippen molar-refractivity contribution in [3.63, 3.8) is 0 Å². The molecule has 0 spiro atoms. The first-order valence-electron chi connectivity index (χ1n) is 9.58. The van der Waals surface area contributed by atoms with Gasteiger partial charge in [0, 0.05) is 56.9 Å². The number of nitrogens with zero attached hydrogens (tertiary/aromatic N) is 6. The highest BCUT2D eigenvalue weighted by atomic mass is 16.2. The van der Waals surface area contributed by atoms with E-state index in [2.05, 4.69) is 56.8 Å². The zero-order valence-corrected chi connectivity index (χ0v) is 15.8. The van der Waals surface area contributed by atoms with E-state index in [9.17, 15) is 4.79 Å². The van der Waals surface area contributed by atoms with E-state index in [-0.39, 0.29) is 5.91 Å². The van der Waals surface area contributed by atoms with Gasteiger partial charge in [0.15, 0.2) is 0 Å². The van der Waals surface area contributed by atoms with Crippen molar-refractivity contribution in [1.82, 2.24) is 29.1 Å². The molecule has 1 aromatic carbocycles. The minimum Gasteiger partial charge on any atom is -0.344 e. The highest BCUT2D eigenvalue weighted by Crippen LogP contribution is 2.19. The highest BCUT2D eigenvalue weighted by molar-refractivity contribution is 5.81. The summed E-state index contributed by atoms with van der Waals surface area (Å²) in [4.78, 5) is 21.0. The summed E-state index contributed by atoms with van der Waals surface area (Å²) in [6.07, 6.45) is 3.86. The number of fused-ring (bicyclic) bond motifs is 1. The van der Waals surface area contributed by atoms with Crippen LogP contribution in [-0.2, 0) is 17.9 Å². The molecule has 0 atom stereocenters. The van der Waals surface area contributed by atoms with Crippen molar-refractivity contribution < 1.29 is 4.79 Å². The quantitative estimate of drug-likeness (QED) is 0.667. The largest absolute Gasteiger partial charge is 0.344 e. The number of piperazine rings is 1. The lowest BCUT2D eigenvalue weighted by Gasteiger charge is -2.34. The fourth-order valence-corrected chi connectivity index (χ4v) is 3.82. The Morgan fingerprint density at radius 2 is 1.89 bits per heavy atom. The van der Waals surface area contributed by atoms with E-state index in [1.807, 2.05) is 9.58 Å². The average molecular weight is 366 g/mol. The van der Waals surface area contributed by atoms with Gasteiger partial charge in [0.1, 0.15) is 12.7 Å². The number of amides is 1. The lowest BCUT2D eigenvalue weighted by molar-refractivity contribution is -0.133. The number of aryl methyl sites for hydroxylation is 2. The van der Waals surface area contributed by atoms with Crippen molar-refractivity contribution in [2.45, 2.75) is 26.4 Å². The van der Waals surface area contributed by atoms with E-state index < -0.39 is 0 Å². The number of rotatable bonds is 6. The third-order valence-corrected chi connectivity index (χ3v) is 5.40. The Morgan fingerprint density at radius 3 is 2.67 bits per heavy atom. The van der Waals surface area contributed by atoms with E-state index in [0.29, 0.717) is 6.42 Å². The van der Waals surface area contributed by atoms with Crippen LogP contribution in [0.2, 0.25) is 0 Å². The van der Waals surface area contributed by atoms with Gasteiger partial charge in [-0.25, -0.2) is 4.98 Å². The van der Waals surface area contributed by atoms with Gasteiger partial charge in [-0.1, -0.05) is 18.2 Å². The molecule has 3 heterocycles. The van der Waals surface area contributed by atoms with E-state index in [1.54, 1.807) is 12.7 Å². The molecule has 1 fully saturated rings. The van der Waals surface area contributed by atoms with Crippen molar-refractivity contribution >= 4 is 16.8 Å². The number of para-hydroxylation sites is 1. The molecule has 0 saturated carbocycles. The molecule has 4 rings (SSSR count). The van der Waals surface area contributed by atoms with E-state index in [0.717, 1.165) is 45.8 Å². The van der Waals surface area contributed by atoms with E-state index >= 15 is 0 Å². The first kappa shape index (κ1) is 17.7. The standard InChI is InChI=1S/C20H26N6O/c1-17-14-18-4-2-3-5-19(18)26(17)7-6-20(27)24-11-8-23(9-12-24)10-13-25-16-21-15-22-25/h2-5,14-16H,6-13H2,1H3. The van der Waals surface area contributed by atoms with Gasteiger partial charge in [-0.2, -0.15) is 5.10 Å². The summed E-state index contributed by atoms with van der Waals surface area (Å²) in [6.45, 7) is 8.10. The second-order valence-corrected chi connectivity index (χ2v) is 7.13. The van der Waals surface area contributed by atoms with Crippen molar-refractivity contribution in [3.8, 4) is 0 Å². The van der Waals surface area contributed by atoms with Crippen LogP contribution < -0.4 is 0 Å². The number of carbonyl (C=O) groups excluding carboxylic acids is 1. The van der Waals surface area contributed by atoms with Crippen molar-refractivity contribution in [2.24, 2.45) is 0 Å². The molecule has 1 saturated heterocycles. The zero-order chi connectivity index (χ0) is 18.6. The van der Waals surface area contributed by atoms with Crippen LogP contribution in [0.4, 0.5) is 0 Å². The van der Waals surface area contributed by atoms with Gasteiger partial charge in [0.05, 0.1) is 6.54 Å². The molecule has 1 amide bonds. The Bertz CT molecular complexity index is 892. The number of benzene rings is 1. The van der Waals surface area contributed by atoms with Gasteiger partial charge in [-0.15, -0.1) is 0 Å². The van der Waals surface area contributed by atoms with Crippen LogP contribution in [0.3, 0.4) is 0 Å². The normalized spacial score (nSPS) is 15.5. The summed E-state index contributed by atoms with van der Waals surface area (Å²) in [5.74, 6) is 0.253. The second kappa shape index (κ2) is 7.92. The lowest BCUT2D eigenvalue weighted by Crippen LogP contribution is -2.49. The van der Waals surface area contributed by atoms with Crippen LogP contribution in [0.15, 0.2) is 43.0 Å². The predicted octanol–water partition coefficient (Wildman–Crippen LogP) is 1.78.